The van der Waals surface area contributed by atoms with E-state index in [1.54, 1.807) is 6.20 Å². The third-order valence-corrected chi connectivity index (χ3v) is 2.09. The Morgan fingerprint density at radius 2 is 2.40 bits per heavy atom. The third kappa shape index (κ3) is 1.56. The van der Waals surface area contributed by atoms with E-state index >= 15 is 0 Å². The van der Waals surface area contributed by atoms with Crippen LogP contribution in [-0.4, -0.2) is 4.98 Å². The second-order valence-electron chi connectivity index (χ2n) is 2.14. The summed E-state index contributed by atoms with van der Waals surface area (Å²) in [5, 5.41) is 0. The normalized spacial score (nSPS) is 9.40. The van der Waals surface area contributed by atoms with Crippen LogP contribution >= 0.6 is 22.6 Å². The van der Waals surface area contributed by atoms with Gasteiger partial charge in [-0.3, -0.25) is 4.98 Å². The van der Waals surface area contributed by atoms with Gasteiger partial charge in [-0.05, 0) is 46.7 Å². The first kappa shape index (κ1) is 7.72. The number of aromatic nitrogens is 1. The van der Waals surface area contributed by atoms with Gasteiger partial charge in [-0.15, -0.1) is 0 Å². The van der Waals surface area contributed by atoms with E-state index in [0.717, 1.165) is 9.14 Å². The van der Waals surface area contributed by atoms with Crippen LogP contribution in [0.3, 0.4) is 0 Å². The summed E-state index contributed by atoms with van der Waals surface area (Å²) in [4.78, 5) is 3.98. The fourth-order valence-corrected chi connectivity index (χ4v) is 1.52. The lowest BCUT2D eigenvalue weighted by Crippen LogP contribution is -1.84. The summed E-state index contributed by atoms with van der Waals surface area (Å²) < 4.78 is 1.16. The van der Waals surface area contributed by atoms with Crippen LogP contribution in [0.1, 0.15) is 12.5 Å². The summed E-state index contributed by atoms with van der Waals surface area (Å²) in [7, 11) is 0. The van der Waals surface area contributed by atoms with E-state index in [0.29, 0.717) is 0 Å². The van der Waals surface area contributed by atoms with Crippen molar-refractivity contribution in [2.45, 2.75) is 6.92 Å². The SMILES string of the molecule is C=C(C)c1ccncc1I. The molecule has 0 atom stereocenters. The van der Waals surface area contributed by atoms with Crippen LogP contribution in [0.4, 0.5) is 0 Å². The van der Waals surface area contributed by atoms with E-state index in [2.05, 4.69) is 34.2 Å². The molecule has 10 heavy (non-hydrogen) atoms. The highest BCUT2D eigenvalue weighted by atomic mass is 127. The molecule has 0 N–H and O–H groups in total. The van der Waals surface area contributed by atoms with Gasteiger partial charge in [0.1, 0.15) is 0 Å². The van der Waals surface area contributed by atoms with Gasteiger partial charge in [0, 0.05) is 16.0 Å². The minimum Gasteiger partial charge on any atom is -0.264 e. The number of halogens is 1. The molecule has 0 bridgehead atoms. The third-order valence-electron chi connectivity index (χ3n) is 1.23. The van der Waals surface area contributed by atoms with Gasteiger partial charge in [-0.1, -0.05) is 6.58 Å². The van der Waals surface area contributed by atoms with E-state index in [-0.39, 0.29) is 0 Å². The largest absolute Gasteiger partial charge is 0.264 e. The molecule has 0 aliphatic carbocycles. The average molecular weight is 245 g/mol. The Morgan fingerprint density at radius 3 is 2.80 bits per heavy atom. The van der Waals surface area contributed by atoms with Gasteiger partial charge in [-0.2, -0.15) is 0 Å². The van der Waals surface area contributed by atoms with Crippen molar-refractivity contribution < 1.29 is 0 Å². The summed E-state index contributed by atoms with van der Waals surface area (Å²) in [5.41, 5.74) is 2.28. The van der Waals surface area contributed by atoms with E-state index < -0.39 is 0 Å². The second kappa shape index (κ2) is 3.14. The minimum absolute atomic E-state index is 1.09. The standard InChI is InChI=1S/C8H8IN/c1-6(2)7-3-4-10-5-8(7)9/h3-5H,1H2,2H3. The lowest BCUT2D eigenvalue weighted by molar-refractivity contribution is 1.29. The highest BCUT2D eigenvalue weighted by Gasteiger charge is 1.96. The Bertz CT molecular complexity index is 255. The zero-order valence-corrected chi connectivity index (χ0v) is 7.92. The maximum Gasteiger partial charge on any atom is 0.0407 e. The molecule has 0 unspecified atom stereocenters. The molecule has 0 fully saturated rings. The van der Waals surface area contributed by atoms with Crippen LogP contribution in [0.25, 0.3) is 5.57 Å². The first-order valence-corrected chi connectivity index (χ1v) is 4.05. The van der Waals surface area contributed by atoms with Crippen molar-refractivity contribution >= 4 is 28.2 Å². The Morgan fingerprint density at radius 1 is 1.70 bits per heavy atom. The zero-order valence-electron chi connectivity index (χ0n) is 5.76. The van der Waals surface area contributed by atoms with Gasteiger partial charge in [-0.25, -0.2) is 0 Å². The number of nitrogens with zero attached hydrogens (tertiary/aromatic N) is 1. The topological polar surface area (TPSA) is 12.9 Å². The molecule has 1 rings (SSSR count). The molecule has 0 amide bonds. The molecule has 0 saturated heterocycles. The molecule has 1 aromatic heterocycles. The van der Waals surface area contributed by atoms with Crippen molar-refractivity contribution in [3.8, 4) is 0 Å². The second-order valence-corrected chi connectivity index (χ2v) is 3.30. The molecule has 0 saturated carbocycles. The predicted molar refractivity (Wildman–Crippen MR) is 51.7 cm³/mol. The molecular weight excluding hydrogens is 237 g/mol. The molecule has 2 heteroatoms. The summed E-state index contributed by atoms with van der Waals surface area (Å²) in [6.45, 7) is 5.85. The van der Waals surface area contributed by atoms with E-state index in [1.807, 2.05) is 19.2 Å². The van der Waals surface area contributed by atoms with Crippen molar-refractivity contribution in [2.24, 2.45) is 0 Å². The minimum atomic E-state index is 1.09. The van der Waals surface area contributed by atoms with Crippen molar-refractivity contribution in [2.75, 3.05) is 0 Å². The summed E-state index contributed by atoms with van der Waals surface area (Å²) >= 11 is 2.25. The quantitative estimate of drug-likeness (QED) is 0.693. The highest BCUT2D eigenvalue weighted by molar-refractivity contribution is 14.1. The summed E-state index contributed by atoms with van der Waals surface area (Å²) in [5.74, 6) is 0. The fourth-order valence-electron chi connectivity index (χ4n) is 0.721. The molecule has 1 heterocycles. The zero-order chi connectivity index (χ0) is 7.56. The highest BCUT2D eigenvalue weighted by Crippen LogP contribution is 2.16. The number of pyridine rings is 1. The molecule has 0 aliphatic rings. The van der Waals surface area contributed by atoms with Crippen LogP contribution < -0.4 is 0 Å². The van der Waals surface area contributed by atoms with Crippen molar-refractivity contribution in [1.82, 2.24) is 4.98 Å². The molecule has 0 spiro atoms. The molecule has 1 nitrogen and oxygen atoms in total. The van der Waals surface area contributed by atoms with Crippen LogP contribution in [0.2, 0.25) is 0 Å². The maximum absolute atomic E-state index is 3.98. The number of allylic oxidation sites excluding steroid dienone is 1. The maximum atomic E-state index is 3.98. The molecule has 0 radical (unpaired) electrons. The van der Waals surface area contributed by atoms with Gasteiger partial charge < -0.3 is 0 Å². The molecule has 0 aliphatic heterocycles. The Balaban J connectivity index is 3.15. The molecule has 1 aromatic rings. The fraction of sp³-hybridized carbons (Fsp3) is 0.125. The van der Waals surface area contributed by atoms with Gasteiger partial charge in [0.15, 0.2) is 0 Å². The van der Waals surface area contributed by atoms with Crippen LogP contribution in [0.15, 0.2) is 25.0 Å². The van der Waals surface area contributed by atoms with Crippen LogP contribution in [0, 0.1) is 3.57 Å². The van der Waals surface area contributed by atoms with Gasteiger partial charge in [0.25, 0.3) is 0 Å². The van der Waals surface area contributed by atoms with Crippen LogP contribution in [-0.2, 0) is 0 Å². The van der Waals surface area contributed by atoms with Gasteiger partial charge in [0.05, 0.1) is 0 Å². The lowest BCUT2D eigenvalue weighted by atomic mass is 10.1. The smallest absolute Gasteiger partial charge is 0.0407 e. The van der Waals surface area contributed by atoms with Gasteiger partial charge in [0.2, 0.25) is 0 Å². The van der Waals surface area contributed by atoms with Gasteiger partial charge >= 0.3 is 0 Å². The predicted octanol–water partition coefficient (Wildman–Crippen LogP) is 2.72. The first-order chi connectivity index (χ1) is 4.72. The summed E-state index contributed by atoms with van der Waals surface area (Å²) in [6, 6.07) is 1.98. The monoisotopic (exact) mass is 245 g/mol. The van der Waals surface area contributed by atoms with Crippen molar-refractivity contribution in [3.63, 3.8) is 0 Å². The Labute approximate surface area is 74.3 Å². The van der Waals surface area contributed by atoms with E-state index in [4.69, 9.17) is 0 Å². The number of rotatable bonds is 1. The Hall–Kier alpha value is -0.380. The Kier molecular flexibility index (Phi) is 2.43. The number of hydrogen-bond acceptors (Lipinski definition) is 1. The molecule has 0 aromatic carbocycles. The van der Waals surface area contributed by atoms with E-state index in [9.17, 15) is 0 Å². The molecule has 52 valence electrons. The van der Waals surface area contributed by atoms with Crippen LogP contribution in [0.5, 0.6) is 0 Å². The molecular formula is C8H8IN. The lowest BCUT2D eigenvalue weighted by Gasteiger charge is -1.99. The first-order valence-electron chi connectivity index (χ1n) is 2.97. The average Bonchev–Trinajstić information content (AvgIpc) is 1.88. The van der Waals surface area contributed by atoms with Crippen molar-refractivity contribution in [1.29, 1.82) is 0 Å². The van der Waals surface area contributed by atoms with E-state index in [1.165, 1.54) is 5.56 Å². The summed E-state index contributed by atoms with van der Waals surface area (Å²) in [6.07, 6.45) is 3.62. The van der Waals surface area contributed by atoms with Crippen molar-refractivity contribution in [3.05, 3.63) is 34.2 Å². The number of hydrogen-bond donors (Lipinski definition) is 0.